The number of hydrogen-bond acceptors (Lipinski definition) is 5. The van der Waals surface area contributed by atoms with Gasteiger partial charge in [-0.1, -0.05) is 12.8 Å². The van der Waals surface area contributed by atoms with E-state index < -0.39 is 10.0 Å². The monoisotopic (exact) mass is 510 g/mol. The van der Waals surface area contributed by atoms with E-state index in [-0.39, 0.29) is 10.8 Å². The third-order valence-electron chi connectivity index (χ3n) is 5.05. The van der Waals surface area contributed by atoms with Crippen molar-refractivity contribution in [1.29, 1.82) is 0 Å². The summed E-state index contributed by atoms with van der Waals surface area (Å²) in [5.74, 6) is 0.323. The molecule has 0 aromatic heterocycles. The predicted octanol–water partition coefficient (Wildman–Crippen LogP) is 4.29. The van der Waals surface area contributed by atoms with E-state index in [0.29, 0.717) is 47.8 Å². The van der Waals surface area contributed by atoms with E-state index in [4.69, 9.17) is 9.47 Å². The first kappa shape index (κ1) is 23.7. The van der Waals surface area contributed by atoms with Crippen LogP contribution < -0.4 is 10.1 Å². The van der Waals surface area contributed by atoms with Crippen molar-refractivity contribution in [2.45, 2.75) is 30.6 Å². The van der Waals surface area contributed by atoms with Gasteiger partial charge in [-0.2, -0.15) is 4.31 Å². The van der Waals surface area contributed by atoms with Gasteiger partial charge in [-0.25, -0.2) is 8.42 Å². The second-order valence-corrected chi connectivity index (χ2v) is 10.1. The summed E-state index contributed by atoms with van der Waals surface area (Å²) < 4.78 is 38.5. The highest BCUT2D eigenvalue weighted by Gasteiger charge is 2.25. The first-order chi connectivity index (χ1) is 14.9. The molecule has 0 spiro atoms. The molecule has 3 rings (SSSR count). The number of amides is 1. The number of ether oxygens (including phenoxy) is 2. The van der Waals surface area contributed by atoms with Crippen molar-refractivity contribution >= 4 is 37.5 Å². The summed E-state index contributed by atoms with van der Waals surface area (Å²) in [6.45, 7) is 1.99. The van der Waals surface area contributed by atoms with E-state index >= 15 is 0 Å². The maximum absolute atomic E-state index is 12.9. The van der Waals surface area contributed by atoms with Crippen LogP contribution in [-0.2, 0) is 14.8 Å². The minimum Gasteiger partial charge on any atom is -0.490 e. The van der Waals surface area contributed by atoms with E-state index in [1.54, 1.807) is 53.9 Å². The molecule has 0 unspecified atom stereocenters. The highest BCUT2D eigenvalue weighted by molar-refractivity contribution is 9.10. The molecule has 0 bridgehead atoms. The fourth-order valence-corrected chi connectivity index (χ4v) is 5.35. The number of methoxy groups -OCH3 is 1. The third kappa shape index (κ3) is 6.29. The van der Waals surface area contributed by atoms with Crippen molar-refractivity contribution < 1.29 is 22.7 Å². The Balaban J connectivity index is 1.65. The lowest BCUT2D eigenvalue weighted by molar-refractivity contribution is 0.102. The van der Waals surface area contributed by atoms with Gasteiger partial charge in [0.2, 0.25) is 10.0 Å². The molecule has 1 N–H and O–H groups in total. The van der Waals surface area contributed by atoms with Crippen LogP contribution in [0.1, 0.15) is 36.0 Å². The van der Waals surface area contributed by atoms with Crippen LogP contribution in [0.5, 0.6) is 5.75 Å². The topological polar surface area (TPSA) is 84.9 Å². The molecule has 0 radical (unpaired) electrons. The van der Waals surface area contributed by atoms with Crippen molar-refractivity contribution in [3.05, 3.63) is 52.5 Å². The minimum absolute atomic E-state index is 0.243. The molecule has 168 valence electrons. The van der Waals surface area contributed by atoms with E-state index in [2.05, 4.69) is 21.2 Å². The van der Waals surface area contributed by atoms with Crippen LogP contribution in [0.4, 0.5) is 5.69 Å². The fourth-order valence-electron chi connectivity index (χ4n) is 3.34. The zero-order chi connectivity index (χ0) is 22.3. The number of nitrogens with one attached hydrogen (secondary N) is 1. The molecular weight excluding hydrogens is 484 g/mol. The SMILES string of the molecule is COCCOc1ccc(C(=O)Nc2ccc(S(=O)(=O)N3CCCCCC3)cc2)cc1Br. The number of nitrogens with zero attached hydrogens (tertiary/aromatic N) is 1. The molecule has 2 aromatic carbocycles. The van der Waals surface area contributed by atoms with Gasteiger partial charge >= 0.3 is 0 Å². The summed E-state index contributed by atoms with van der Waals surface area (Å²) in [5.41, 5.74) is 0.976. The molecule has 7 nitrogen and oxygen atoms in total. The van der Waals surface area contributed by atoms with E-state index in [0.717, 1.165) is 25.7 Å². The van der Waals surface area contributed by atoms with Gasteiger partial charge in [0.15, 0.2) is 0 Å². The number of carbonyl (C=O) groups excluding carboxylic acids is 1. The van der Waals surface area contributed by atoms with E-state index in [1.165, 1.54) is 0 Å². The Morgan fingerprint density at radius 1 is 1.03 bits per heavy atom. The molecular formula is C22H27BrN2O5S. The normalized spacial score (nSPS) is 15.3. The van der Waals surface area contributed by atoms with Crippen molar-refractivity contribution in [2.75, 3.05) is 38.7 Å². The molecule has 1 fully saturated rings. The van der Waals surface area contributed by atoms with Gasteiger partial charge in [-0.15, -0.1) is 0 Å². The van der Waals surface area contributed by atoms with Gasteiger partial charge in [0.25, 0.3) is 5.91 Å². The zero-order valence-electron chi connectivity index (χ0n) is 17.5. The second-order valence-electron chi connectivity index (χ2n) is 7.28. The average Bonchev–Trinajstić information content (AvgIpc) is 3.05. The third-order valence-corrected chi connectivity index (χ3v) is 7.59. The van der Waals surface area contributed by atoms with Crippen molar-refractivity contribution in [2.24, 2.45) is 0 Å². The number of carbonyl (C=O) groups is 1. The minimum atomic E-state index is -3.51. The smallest absolute Gasteiger partial charge is 0.255 e. The first-order valence-corrected chi connectivity index (χ1v) is 12.5. The second kappa shape index (κ2) is 11.1. The molecule has 1 aliphatic heterocycles. The Bertz CT molecular complexity index is 987. The molecule has 31 heavy (non-hydrogen) atoms. The number of benzene rings is 2. The fraction of sp³-hybridized carbons (Fsp3) is 0.409. The van der Waals surface area contributed by atoms with Crippen LogP contribution in [-0.4, -0.2) is 52.0 Å². The van der Waals surface area contributed by atoms with Gasteiger partial charge in [0, 0.05) is 31.5 Å². The molecule has 0 atom stereocenters. The summed E-state index contributed by atoms with van der Waals surface area (Å²) >= 11 is 3.41. The van der Waals surface area contributed by atoms with Crippen LogP contribution >= 0.6 is 15.9 Å². The van der Waals surface area contributed by atoms with Gasteiger partial charge in [0.1, 0.15) is 12.4 Å². The largest absolute Gasteiger partial charge is 0.490 e. The van der Waals surface area contributed by atoms with Gasteiger partial charge in [0.05, 0.1) is 16.0 Å². The van der Waals surface area contributed by atoms with Crippen molar-refractivity contribution in [3.63, 3.8) is 0 Å². The quantitative estimate of drug-likeness (QED) is 0.535. The molecule has 9 heteroatoms. The molecule has 0 saturated carbocycles. The predicted molar refractivity (Wildman–Crippen MR) is 123 cm³/mol. The van der Waals surface area contributed by atoms with Crippen LogP contribution in [0.15, 0.2) is 51.8 Å². The number of sulfonamides is 1. The maximum Gasteiger partial charge on any atom is 0.255 e. The summed E-state index contributed by atoms with van der Waals surface area (Å²) in [5, 5.41) is 2.80. The number of anilines is 1. The zero-order valence-corrected chi connectivity index (χ0v) is 19.9. The van der Waals surface area contributed by atoms with E-state index in [1.807, 2.05) is 0 Å². The molecule has 1 saturated heterocycles. The van der Waals surface area contributed by atoms with Crippen LogP contribution in [0.2, 0.25) is 0 Å². The molecule has 0 aliphatic carbocycles. The Labute approximate surface area is 191 Å². The first-order valence-electron chi connectivity index (χ1n) is 10.2. The Hall–Kier alpha value is -1.94. The van der Waals surface area contributed by atoms with Crippen LogP contribution in [0.3, 0.4) is 0 Å². The number of halogens is 1. The van der Waals surface area contributed by atoms with Crippen LogP contribution in [0.25, 0.3) is 0 Å². The van der Waals surface area contributed by atoms with Gasteiger partial charge in [-0.05, 0) is 71.2 Å². The Morgan fingerprint density at radius 3 is 2.32 bits per heavy atom. The summed E-state index contributed by atoms with van der Waals surface area (Å²) in [6, 6.07) is 11.4. The molecule has 1 aliphatic rings. The summed E-state index contributed by atoms with van der Waals surface area (Å²) in [4.78, 5) is 12.8. The lowest BCUT2D eigenvalue weighted by Gasteiger charge is -2.20. The standard InChI is InChI=1S/C22H27BrN2O5S/c1-29-14-15-30-21-11-6-17(16-20(21)23)22(26)24-18-7-9-19(10-8-18)31(27,28)25-12-4-2-3-5-13-25/h6-11,16H,2-5,12-15H2,1H3,(H,24,26). The molecule has 1 amide bonds. The lowest BCUT2D eigenvalue weighted by atomic mass is 10.2. The van der Waals surface area contributed by atoms with Gasteiger partial charge in [-0.3, -0.25) is 4.79 Å². The summed E-state index contributed by atoms with van der Waals surface area (Å²) in [6.07, 6.45) is 3.90. The highest BCUT2D eigenvalue weighted by atomic mass is 79.9. The number of rotatable bonds is 8. The highest BCUT2D eigenvalue weighted by Crippen LogP contribution is 2.27. The van der Waals surface area contributed by atoms with Crippen molar-refractivity contribution in [1.82, 2.24) is 4.31 Å². The molecule has 1 heterocycles. The van der Waals surface area contributed by atoms with E-state index in [9.17, 15) is 13.2 Å². The maximum atomic E-state index is 12.9. The molecule has 2 aromatic rings. The van der Waals surface area contributed by atoms with Crippen LogP contribution in [0, 0.1) is 0 Å². The summed E-state index contributed by atoms with van der Waals surface area (Å²) in [7, 11) is -1.91. The Kier molecular flexibility index (Phi) is 8.48. The van der Waals surface area contributed by atoms with Crippen molar-refractivity contribution in [3.8, 4) is 5.75 Å². The average molecular weight is 511 g/mol. The van der Waals surface area contributed by atoms with Gasteiger partial charge < -0.3 is 14.8 Å². The lowest BCUT2D eigenvalue weighted by Crippen LogP contribution is -2.31. The Morgan fingerprint density at radius 2 is 1.71 bits per heavy atom. The number of hydrogen-bond donors (Lipinski definition) is 1.